The van der Waals surface area contributed by atoms with E-state index in [9.17, 15) is 4.79 Å². The van der Waals surface area contributed by atoms with Crippen LogP contribution in [0.4, 0.5) is 5.69 Å². The molecular formula is C29H27BrNO2P. The van der Waals surface area contributed by atoms with E-state index in [0.29, 0.717) is 6.54 Å². The van der Waals surface area contributed by atoms with Gasteiger partial charge in [0.05, 0.1) is 7.11 Å². The van der Waals surface area contributed by atoms with Crippen molar-refractivity contribution in [1.29, 1.82) is 0 Å². The molecule has 0 aliphatic carbocycles. The third kappa shape index (κ3) is 4.17. The van der Waals surface area contributed by atoms with Crippen molar-refractivity contribution in [3.05, 3.63) is 115 Å². The maximum Gasteiger partial charge on any atom is 0.268 e. The summed E-state index contributed by atoms with van der Waals surface area (Å²) < 4.78 is 5.42. The summed E-state index contributed by atoms with van der Waals surface area (Å²) in [5, 5.41) is 3.73. The molecule has 3 nitrogen and oxygen atoms in total. The molecule has 1 atom stereocenters. The number of anilines is 1. The van der Waals surface area contributed by atoms with Crippen LogP contribution in [-0.4, -0.2) is 25.2 Å². The van der Waals surface area contributed by atoms with Crippen molar-refractivity contribution in [3.63, 3.8) is 0 Å². The van der Waals surface area contributed by atoms with Crippen LogP contribution in [-0.2, 0) is 4.79 Å². The fourth-order valence-electron chi connectivity index (χ4n) is 5.04. The molecule has 0 saturated carbocycles. The fraction of sp³-hybridized carbons (Fsp3) is 0.138. The summed E-state index contributed by atoms with van der Waals surface area (Å²) in [5.41, 5.74) is 0.769. The number of halogens is 1. The predicted molar refractivity (Wildman–Crippen MR) is 139 cm³/mol. The molecule has 0 spiro atoms. The zero-order valence-electron chi connectivity index (χ0n) is 19.1. The molecule has 5 heteroatoms. The van der Waals surface area contributed by atoms with Gasteiger partial charge in [0, 0.05) is 24.7 Å². The molecule has 1 heterocycles. The molecule has 4 aromatic rings. The molecule has 0 unspecified atom stereocenters. The Bertz CT molecular complexity index is 1140. The van der Waals surface area contributed by atoms with Crippen molar-refractivity contribution in [2.45, 2.75) is 12.1 Å². The van der Waals surface area contributed by atoms with Gasteiger partial charge in [-0.25, -0.2) is 0 Å². The number of methoxy groups -OCH3 is 1. The first-order valence-electron chi connectivity index (χ1n) is 11.3. The minimum atomic E-state index is -2.26. The lowest BCUT2D eigenvalue weighted by Gasteiger charge is -2.32. The summed E-state index contributed by atoms with van der Waals surface area (Å²) in [6, 6.07) is 39.7. The molecule has 4 aromatic carbocycles. The van der Waals surface area contributed by atoms with Crippen LogP contribution >= 0.6 is 7.26 Å². The molecule has 34 heavy (non-hydrogen) atoms. The van der Waals surface area contributed by atoms with Gasteiger partial charge in [0.2, 0.25) is 0 Å². The molecule has 5 rings (SSSR count). The Labute approximate surface area is 212 Å². The number of amides is 1. The summed E-state index contributed by atoms with van der Waals surface area (Å²) >= 11 is 0. The maximum atomic E-state index is 14.2. The molecule has 1 aliphatic rings. The van der Waals surface area contributed by atoms with E-state index < -0.39 is 7.26 Å². The van der Waals surface area contributed by atoms with E-state index in [4.69, 9.17) is 4.74 Å². The lowest BCUT2D eigenvalue weighted by molar-refractivity contribution is -0.116. The third-order valence-electron chi connectivity index (χ3n) is 6.50. The summed E-state index contributed by atoms with van der Waals surface area (Å²) in [7, 11) is -0.599. The van der Waals surface area contributed by atoms with Gasteiger partial charge in [-0.15, -0.1) is 0 Å². The molecule has 1 fully saturated rings. The van der Waals surface area contributed by atoms with Crippen LogP contribution in [0.3, 0.4) is 0 Å². The van der Waals surface area contributed by atoms with Crippen LogP contribution in [0, 0.1) is 0 Å². The van der Waals surface area contributed by atoms with Crippen molar-refractivity contribution in [2.24, 2.45) is 0 Å². The van der Waals surface area contributed by atoms with Crippen LogP contribution in [0.1, 0.15) is 6.42 Å². The Balaban J connectivity index is 0.00000274. The topological polar surface area (TPSA) is 29.5 Å². The van der Waals surface area contributed by atoms with Crippen molar-refractivity contribution >= 4 is 34.8 Å². The molecule has 1 amide bonds. The molecule has 172 valence electrons. The summed E-state index contributed by atoms with van der Waals surface area (Å²) in [4.78, 5) is 16.1. The highest BCUT2D eigenvalue weighted by Crippen LogP contribution is 2.62. The lowest BCUT2D eigenvalue weighted by atomic mass is 10.3. The number of benzene rings is 4. The predicted octanol–water partition coefficient (Wildman–Crippen LogP) is 1.80. The second-order valence-corrected chi connectivity index (χ2v) is 11.8. The molecule has 0 radical (unpaired) electrons. The van der Waals surface area contributed by atoms with E-state index in [1.807, 2.05) is 47.4 Å². The second-order valence-electron chi connectivity index (χ2n) is 8.23. The number of hydrogen-bond donors (Lipinski definition) is 0. The number of ether oxygens (including phenoxy) is 1. The minimum Gasteiger partial charge on any atom is -1.00 e. The fourth-order valence-corrected chi connectivity index (χ4v) is 9.91. The molecule has 0 bridgehead atoms. The van der Waals surface area contributed by atoms with E-state index >= 15 is 0 Å². The first-order chi connectivity index (χ1) is 16.2. The maximum absolute atomic E-state index is 14.2. The highest BCUT2D eigenvalue weighted by molar-refractivity contribution is 7.97. The molecule has 1 saturated heterocycles. The molecule has 0 N–H and O–H groups in total. The summed E-state index contributed by atoms with van der Waals surface area (Å²) in [6.45, 7) is 0.699. The Morgan fingerprint density at radius 1 is 0.735 bits per heavy atom. The highest BCUT2D eigenvalue weighted by atomic mass is 79.9. The van der Waals surface area contributed by atoms with Gasteiger partial charge in [0.15, 0.2) is 5.66 Å². The summed E-state index contributed by atoms with van der Waals surface area (Å²) in [5.74, 6) is 0.951. The first kappa shape index (κ1) is 24.2. The standard InChI is InChI=1S/C29H27NO2P.BrH/c1-32-24-13-11-12-23(22-24)30-21-20-28(29(30)31)33(25-14-5-2-6-15-25,26-16-7-3-8-17-26)27-18-9-4-10-19-27;/h2-19,22,28H,20-21H2,1H3;1H/q+1;/p-1/t28-;/m1./s1. The summed E-state index contributed by atoms with van der Waals surface area (Å²) in [6.07, 6.45) is 0.808. The van der Waals surface area contributed by atoms with Crippen LogP contribution in [0.2, 0.25) is 0 Å². The molecular weight excluding hydrogens is 505 g/mol. The number of carbonyl (C=O) groups excluding carboxylic acids is 1. The van der Waals surface area contributed by atoms with Crippen molar-refractivity contribution < 1.29 is 26.5 Å². The van der Waals surface area contributed by atoms with E-state index in [1.165, 1.54) is 15.9 Å². The van der Waals surface area contributed by atoms with Gasteiger partial charge in [-0.3, -0.25) is 4.79 Å². The number of carbonyl (C=O) groups is 1. The number of rotatable bonds is 6. The zero-order chi connectivity index (χ0) is 22.7. The van der Waals surface area contributed by atoms with Gasteiger partial charge in [-0.2, -0.15) is 0 Å². The highest BCUT2D eigenvalue weighted by Gasteiger charge is 2.58. The van der Waals surface area contributed by atoms with Crippen molar-refractivity contribution in [1.82, 2.24) is 0 Å². The van der Waals surface area contributed by atoms with Gasteiger partial charge in [0.25, 0.3) is 5.91 Å². The second kappa shape index (κ2) is 10.5. The van der Waals surface area contributed by atoms with E-state index in [-0.39, 0.29) is 28.5 Å². The van der Waals surface area contributed by atoms with Crippen LogP contribution in [0.5, 0.6) is 5.75 Å². The van der Waals surface area contributed by atoms with Gasteiger partial charge < -0.3 is 26.6 Å². The zero-order valence-corrected chi connectivity index (χ0v) is 21.5. The Kier molecular flexibility index (Phi) is 7.50. The molecule has 0 aromatic heterocycles. The number of hydrogen-bond acceptors (Lipinski definition) is 2. The number of nitrogens with zero attached hydrogens (tertiary/aromatic N) is 1. The van der Waals surface area contributed by atoms with Crippen LogP contribution in [0.15, 0.2) is 115 Å². The molecule has 1 aliphatic heterocycles. The Morgan fingerprint density at radius 3 is 1.71 bits per heavy atom. The van der Waals surface area contributed by atoms with E-state index in [1.54, 1.807) is 7.11 Å². The Hall–Kier alpha value is -2.94. The average Bonchev–Trinajstić information content (AvgIpc) is 3.28. The van der Waals surface area contributed by atoms with Crippen LogP contribution in [0.25, 0.3) is 0 Å². The smallest absolute Gasteiger partial charge is 0.268 e. The largest absolute Gasteiger partial charge is 1.00 e. The van der Waals surface area contributed by atoms with E-state index in [0.717, 1.165) is 17.9 Å². The minimum absolute atomic E-state index is 0. The third-order valence-corrected chi connectivity index (χ3v) is 11.3. The normalized spacial score (nSPS) is 15.6. The lowest BCUT2D eigenvalue weighted by Crippen LogP contribution is -3.00. The van der Waals surface area contributed by atoms with Crippen LogP contribution < -0.4 is 42.5 Å². The Morgan fingerprint density at radius 2 is 1.24 bits per heavy atom. The van der Waals surface area contributed by atoms with Gasteiger partial charge in [0.1, 0.15) is 28.9 Å². The SMILES string of the molecule is COc1cccc(N2CC[C@@H]([P+](c3ccccc3)(c3ccccc3)c3ccccc3)C2=O)c1.[Br-]. The average molecular weight is 532 g/mol. The monoisotopic (exact) mass is 531 g/mol. The van der Waals surface area contributed by atoms with Gasteiger partial charge >= 0.3 is 0 Å². The quantitative estimate of drug-likeness (QED) is 0.355. The first-order valence-corrected chi connectivity index (χ1v) is 13.1. The van der Waals surface area contributed by atoms with Gasteiger partial charge in [-0.05, 0) is 48.5 Å². The van der Waals surface area contributed by atoms with E-state index in [2.05, 4.69) is 72.8 Å². The van der Waals surface area contributed by atoms with Gasteiger partial charge in [-0.1, -0.05) is 60.7 Å². The van der Waals surface area contributed by atoms with Crippen molar-refractivity contribution in [3.8, 4) is 5.75 Å². The van der Waals surface area contributed by atoms with Crippen molar-refractivity contribution in [2.75, 3.05) is 18.6 Å².